The minimum Gasteiger partial charge on any atom is -0.447 e. The molecule has 8 heteroatoms. The van der Waals surface area contributed by atoms with Crippen molar-refractivity contribution in [1.82, 2.24) is 24.4 Å². The summed E-state index contributed by atoms with van der Waals surface area (Å²) >= 11 is 0. The van der Waals surface area contributed by atoms with E-state index in [-0.39, 0.29) is 18.2 Å². The van der Waals surface area contributed by atoms with Gasteiger partial charge in [0.15, 0.2) is 0 Å². The van der Waals surface area contributed by atoms with Crippen LogP contribution in [-0.4, -0.2) is 55.7 Å². The molecule has 1 amide bonds. The van der Waals surface area contributed by atoms with Crippen LogP contribution in [0.2, 0.25) is 0 Å². The maximum absolute atomic E-state index is 12.3. The number of aromatic nitrogens is 4. The number of nitrogens with one attached hydrogen (secondary N) is 1. The number of rotatable bonds is 5. The monoisotopic (exact) mass is 408 g/mol. The van der Waals surface area contributed by atoms with Crippen LogP contribution >= 0.6 is 0 Å². The summed E-state index contributed by atoms with van der Waals surface area (Å²) < 4.78 is 7.32. The van der Waals surface area contributed by atoms with Gasteiger partial charge >= 0.3 is 6.09 Å². The zero-order chi connectivity index (χ0) is 21.1. The molecular formula is C22H28N6O2. The quantitative estimate of drug-likeness (QED) is 0.690. The Balaban J connectivity index is 1.45. The van der Waals surface area contributed by atoms with Gasteiger partial charge in [0.2, 0.25) is 5.95 Å². The van der Waals surface area contributed by atoms with Crippen molar-refractivity contribution in [3.63, 3.8) is 0 Å². The summed E-state index contributed by atoms with van der Waals surface area (Å²) in [7, 11) is 0. The number of nitrogens with zero attached hydrogens (tertiary/aromatic N) is 5. The van der Waals surface area contributed by atoms with Crippen LogP contribution in [0.25, 0.3) is 16.9 Å². The molecule has 8 nitrogen and oxygen atoms in total. The molecule has 2 unspecified atom stereocenters. The molecule has 0 saturated carbocycles. The topological polar surface area (TPSA) is 85.2 Å². The molecular weight excluding hydrogens is 380 g/mol. The highest BCUT2D eigenvalue weighted by molar-refractivity contribution is 5.76. The fourth-order valence-electron chi connectivity index (χ4n) is 3.88. The first kappa shape index (κ1) is 20.1. The Hall–Kier alpha value is -3.16. The Kier molecular flexibility index (Phi) is 5.83. The van der Waals surface area contributed by atoms with E-state index >= 15 is 0 Å². The van der Waals surface area contributed by atoms with Gasteiger partial charge in [0.25, 0.3) is 0 Å². The van der Waals surface area contributed by atoms with Crippen LogP contribution in [0.15, 0.2) is 42.9 Å². The number of ether oxygens (including phenoxy) is 1. The Labute approximate surface area is 176 Å². The minimum atomic E-state index is -0.230. The number of carbonyl (C=O) groups is 1. The van der Waals surface area contributed by atoms with Crippen LogP contribution in [0, 0.1) is 5.92 Å². The maximum atomic E-state index is 12.3. The van der Waals surface area contributed by atoms with E-state index in [1.807, 2.05) is 48.7 Å². The van der Waals surface area contributed by atoms with Gasteiger partial charge in [-0.05, 0) is 57.7 Å². The third-order valence-corrected chi connectivity index (χ3v) is 5.46. The fourth-order valence-corrected chi connectivity index (χ4v) is 3.88. The van der Waals surface area contributed by atoms with Gasteiger partial charge in [0.1, 0.15) is 12.1 Å². The number of carbonyl (C=O) groups excluding carboxylic acids is 1. The molecule has 0 aliphatic carbocycles. The highest BCUT2D eigenvalue weighted by atomic mass is 16.6. The molecule has 0 radical (unpaired) electrons. The van der Waals surface area contributed by atoms with Crippen molar-refractivity contribution < 1.29 is 9.53 Å². The number of anilines is 1. The van der Waals surface area contributed by atoms with Crippen LogP contribution < -0.4 is 5.32 Å². The number of amides is 1. The van der Waals surface area contributed by atoms with Crippen molar-refractivity contribution in [3.8, 4) is 5.82 Å². The van der Waals surface area contributed by atoms with Crippen LogP contribution in [-0.2, 0) is 4.74 Å². The normalized spacial score (nSPS) is 17.9. The summed E-state index contributed by atoms with van der Waals surface area (Å²) in [5, 5.41) is 3.43. The number of fused-ring (bicyclic) bond motifs is 1. The molecule has 158 valence electrons. The first-order valence-electron chi connectivity index (χ1n) is 10.5. The molecule has 1 aromatic carbocycles. The van der Waals surface area contributed by atoms with E-state index in [0.717, 1.165) is 36.2 Å². The number of hydrogen-bond donors (Lipinski definition) is 1. The first-order chi connectivity index (χ1) is 14.5. The summed E-state index contributed by atoms with van der Waals surface area (Å²) in [6, 6.07) is 9.95. The average Bonchev–Trinajstić information content (AvgIpc) is 3.18. The summed E-state index contributed by atoms with van der Waals surface area (Å²) in [4.78, 5) is 27.6. The zero-order valence-corrected chi connectivity index (χ0v) is 17.7. The summed E-state index contributed by atoms with van der Waals surface area (Å²) in [6.07, 6.45) is 5.20. The Morgan fingerprint density at radius 2 is 2.03 bits per heavy atom. The molecule has 30 heavy (non-hydrogen) atoms. The molecule has 2 aromatic heterocycles. The van der Waals surface area contributed by atoms with E-state index < -0.39 is 0 Å². The second kappa shape index (κ2) is 8.69. The number of benzene rings is 1. The van der Waals surface area contributed by atoms with Crippen molar-refractivity contribution in [2.75, 3.05) is 18.4 Å². The van der Waals surface area contributed by atoms with Crippen molar-refractivity contribution in [2.45, 2.75) is 45.8 Å². The highest BCUT2D eigenvalue weighted by Gasteiger charge is 2.29. The second-order valence-electron chi connectivity index (χ2n) is 8.06. The molecule has 0 spiro atoms. The molecule has 4 rings (SSSR count). The maximum Gasteiger partial charge on any atom is 0.410 e. The lowest BCUT2D eigenvalue weighted by Gasteiger charge is -2.35. The summed E-state index contributed by atoms with van der Waals surface area (Å²) in [6.45, 7) is 7.28. The molecule has 1 aliphatic rings. The van der Waals surface area contributed by atoms with Gasteiger partial charge in [0.05, 0.1) is 17.1 Å². The average molecular weight is 409 g/mol. The van der Waals surface area contributed by atoms with Crippen LogP contribution in [0.5, 0.6) is 0 Å². The van der Waals surface area contributed by atoms with E-state index in [0.29, 0.717) is 18.4 Å². The molecule has 1 aliphatic heterocycles. The zero-order valence-electron chi connectivity index (χ0n) is 17.7. The standard InChI is InChI=1S/C22H28N6O2/c1-15(2)30-22(29)27-12-6-7-17(13-27)16(3)25-21-23-11-10-20(26-21)28-14-24-18-8-4-5-9-19(18)28/h4-5,8-11,14-17H,6-7,12-13H2,1-3H3,(H,23,25,26). The number of likely N-dealkylation sites (tertiary alicyclic amines) is 1. The molecule has 3 aromatic rings. The number of para-hydroxylation sites is 2. The van der Waals surface area contributed by atoms with Crippen LogP contribution in [0.1, 0.15) is 33.6 Å². The first-order valence-corrected chi connectivity index (χ1v) is 10.5. The van der Waals surface area contributed by atoms with Crippen molar-refractivity contribution in [2.24, 2.45) is 5.92 Å². The number of imidazole rings is 1. The molecule has 1 saturated heterocycles. The second-order valence-corrected chi connectivity index (χ2v) is 8.06. The molecule has 1 fully saturated rings. The minimum absolute atomic E-state index is 0.108. The van der Waals surface area contributed by atoms with E-state index in [1.165, 1.54) is 0 Å². The predicted molar refractivity (Wildman–Crippen MR) is 116 cm³/mol. The van der Waals surface area contributed by atoms with Gasteiger partial charge in [0, 0.05) is 25.3 Å². The molecule has 2 atom stereocenters. The van der Waals surface area contributed by atoms with E-state index in [9.17, 15) is 4.79 Å². The Morgan fingerprint density at radius 3 is 2.87 bits per heavy atom. The van der Waals surface area contributed by atoms with Crippen LogP contribution in [0.3, 0.4) is 0 Å². The molecule has 3 heterocycles. The smallest absolute Gasteiger partial charge is 0.410 e. The lowest BCUT2D eigenvalue weighted by molar-refractivity contribution is 0.0612. The third kappa shape index (κ3) is 4.37. The van der Waals surface area contributed by atoms with E-state index in [4.69, 9.17) is 4.74 Å². The van der Waals surface area contributed by atoms with Crippen molar-refractivity contribution >= 4 is 23.1 Å². The van der Waals surface area contributed by atoms with Gasteiger partial charge in [-0.2, -0.15) is 4.98 Å². The lowest BCUT2D eigenvalue weighted by Crippen LogP contribution is -2.45. The molecule has 1 N–H and O–H groups in total. The van der Waals surface area contributed by atoms with Gasteiger partial charge in [-0.1, -0.05) is 12.1 Å². The van der Waals surface area contributed by atoms with Crippen LogP contribution in [0.4, 0.5) is 10.7 Å². The lowest BCUT2D eigenvalue weighted by atomic mass is 9.92. The predicted octanol–water partition coefficient (Wildman–Crippen LogP) is 3.87. The van der Waals surface area contributed by atoms with E-state index in [2.05, 4.69) is 27.2 Å². The highest BCUT2D eigenvalue weighted by Crippen LogP contribution is 2.23. The van der Waals surface area contributed by atoms with Gasteiger partial charge in [-0.15, -0.1) is 0 Å². The van der Waals surface area contributed by atoms with Gasteiger partial charge < -0.3 is 15.0 Å². The fraction of sp³-hybridized carbons (Fsp3) is 0.455. The van der Waals surface area contributed by atoms with Crippen molar-refractivity contribution in [3.05, 3.63) is 42.9 Å². The van der Waals surface area contributed by atoms with Gasteiger partial charge in [-0.3, -0.25) is 4.57 Å². The third-order valence-electron chi connectivity index (χ3n) is 5.46. The van der Waals surface area contributed by atoms with Crippen molar-refractivity contribution in [1.29, 1.82) is 0 Å². The molecule has 0 bridgehead atoms. The number of hydrogen-bond acceptors (Lipinski definition) is 6. The summed E-state index contributed by atoms with van der Waals surface area (Å²) in [5.41, 5.74) is 1.93. The Morgan fingerprint density at radius 1 is 1.20 bits per heavy atom. The number of piperidine rings is 1. The Bertz CT molecular complexity index is 1020. The largest absolute Gasteiger partial charge is 0.447 e. The van der Waals surface area contributed by atoms with E-state index in [1.54, 1.807) is 17.4 Å². The SMILES string of the molecule is CC(C)OC(=O)N1CCCC(C(C)Nc2nccc(-n3cnc4ccccc43)n2)C1. The van der Waals surface area contributed by atoms with Gasteiger partial charge in [-0.25, -0.2) is 14.8 Å². The summed E-state index contributed by atoms with van der Waals surface area (Å²) in [5.74, 6) is 1.64.